The molecule has 1 saturated heterocycles. The molecule has 2 aromatic carbocycles. The lowest BCUT2D eigenvalue weighted by atomic mass is 9.84. The number of amides is 2. The van der Waals surface area contributed by atoms with Gasteiger partial charge in [0, 0.05) is 31.3 Å². The zero-order valence-electron chi connectivity index (χ0n) is 25.7. The molecule has 0 spiro atoms. The first-order valence-electron chi connectivity index (χ1n) is 15.3. The number of alkyl halides is 6. The number of aromatic nitrogens is 2. The second-order valence-corrected chi connectivity index (χ2v) is 12.1. The monoisotopic (exact) mass is 693 g/mol. The standard InChI is InChI=1S/C32H30F7N7O3/c33-21-5-3-20(4-6-21)30(9-1-10-31(34,35)36)27(48)46(28(40)44-30)14-18-2-7-24(32(37,38)39)23(12-18)26(47)45-15-19-13-41-29(43-25(19)16-45)42-22-8-11-49-17-22/h2-7,12-13,22H,1,8-11,14-17H2,(H2,40,44)(H,41,42,43)/t22-,30-/m1/s1. The third-order valence-electron chi connectivity index (χ3n) is 8.67. The summed E-state index contributed by atoms with van der Waals surface area (Å²) < 4.78 is 101. The molecule has 3 aromatic rings. The van der Waals surface area contributed by atoms with E-state index in [0.717, 1.165) is 41.7 Å². The number of nitrogens with one attached hydrogen (secondary N) is 1. The molecule has 3 N–H and O–H groups in total. The van der Waals surface area contributed by atoms with Gasteiger partial charge in [0.05, 0.1) is 42.6 Å². The van der Waals surface area contributed by atoms with E-state index in [2.05, 4.69) is 20.3 Å². The Labute approximate surface area is 275 Å². The maximum atomic E-state index is 14.2. The molecule has 4 heterocycles. The number of rotatable bonds is 9. The number of carbonyl (C=O) groups excluding carboxylic acids is 2. The molecule has 17 heteroatoms. The van der Waals surface area contributed by atoms with Gasteiger partial charge in [-0.15, -0.1) is 0 Å². The summed E-state index contributed by atoms with van der Waals surface area (Å²) in [5, 5.41) is 3.14. The van der Waals surface area contributed by atoms with E-state index in [1.54, 1.807) is 0 Å². The first kappa shape index (κ1) is 34.1. The molecule has 0 unspecified atom stereocenters. The second kappa shape index (κ2) is 12.9. The Bertz CT molecular complexity index is 1780. The van der Waals surface area contributed by atoms with Crippen LogP contribution in [-0.2, 0) is 40.9 Å². The van der Waals surface area contributed by atoms with Gasteiger partial charge in [-0.05, 0) is 54.7 Å². The fourth-order valence-corrected chi connectivity index (χ4v) is 6.21. The molecule has 2 amide bonds. The Morgan fingerprint density at radius 1 is 1.08 bits per heavy atom. The molecule has 260 valence electrons. The normalized spacial score (nSPS) is 20.9. The smallest absolute Gasteiger partial charge is 0.379 e. The van der Waals surface area contributed by atoms with Crippen LogP contribution < -0.4 is 11.1 Å². The van der Waals surface area contributed by atoms with Crippen LogP contribution in [0.1, 0.15) is 64.0 Å². The lowest BCUT2D eigenvalue weighted by molar-refractivity contribution is -0.139. The van der Waals surface area contributed by atoms with E-state index in [9.17, 15) is 40.3 Å². The van der Waals surface area contributed by atoms with Crippen LogP contribution in [0.4, 0.5) is 36.7 Å². The topological polar surface area (TPSA) is 126 Å². The molecule has 3 aliphatic rings. The summed E-state index contributed by atoms with van der Waals surface area (Å²) in [5.74, 6) is -2.51. The molecule has 1 aromatic heterocycles. The van der Waals surface area contributed by atoms with Gasteiger partial charge in [-0.2, -0.15) is 26.3 Å². The minimum Gasteiger partial charge on any atom is -0.379 e. The summed E-state index contributed by atoms with van der Waals surface area (Å²) in [4.78, 5) is 42.6. The summed E-state index contributed by atoms with van der Waals surface area (Å²) in [6, 6.07) is 7.32. The quantitative estimate of drug-likeness (QED) is 0.293. The van der Waals surface area contributed by atoms with Crippen LogP contribution in [0.5, 0.6) is 0 Å². The molecule has 0 radical (unpaired) electrons. The zero-order valence-corrected chi connectivity index (χ0v) is 25.7. The molecule has 0 bridgehead atoms. The van der Waals surface area contributed by atoms with Gasteiger partial charge in [-0.1, -0.05) is 18.2 Å². The predicted octanol–water partition coefficient (Wildman–Crippen LogP) is 5.28. The molecular weight excluding hydrogens is 663 g/mol. The van der Waals surface area contributed by atoms with Crippen LogP contribution >= 0.6 is 0 Å². The number of guanidine groups is 1. The number of ether oxygens (including phenoxy) is 1. The Kier molecular flexibility index (Phi) is 8.98. The largest absolute Gasteiger partial charge is 0.417 e. The fraction of sp³-hybridized carbons (Fsp3) is 0.406. The van der Waals surface area contributed by atoms with Crippen LogP contribution in [0.2, 0.25) is 0 Å². The van der Waals surface area contributed by atoms with Crippen molar-refractivity contribution in [3.8, 4) is 0 Å². The maximum absolute atomic E-state index is 14.2. The number of carbonyl (C=O) groups is 2. The first-order valence-corrected chi connectivity index (χ1v) is 15.3. The summed E-state index contributed by atoms with van der Waals surface area (Å²) in [5.41, 5.74) is 3.53. The number of nitrogens with two attached hydrogens (primary N) is 1. The Balaban J connectivity index is 1.25. The summed E-state index contributed by atoms with van der Waals surface area (Å²) in [6.45, 7) is 0.517. The van der Waals surface area contributed by atoms with E-state index in [1.807, 2.05) is 0 Å². The number of anilines is 1. The van der Waals surface area contributed by atoms with Crippen molar-refractivity contribution in [2.45, 2.75) is 69.3 Å². The van der Waals surface area contributed by atoms with Crippen molar-refractivity contribution in [1.29, 1.82) is 0 Å². The van der Waals surface area contributed by atoms with Crippen molar-refractivity contribution in [3.63, 3.8) is 0 Å². The number of hydrogen-bond donors (Lipinski definition) is 2. The second-order valence-electron chi connectivity index (χ2n) is 12.1. The number of benzene rings is 2. The van der Waals surface area contributed by atoms with Crippen molar-refractivity contribution in [3.05, 3.63) is 88.0 Å². The fourth-order valence-electron chi connectivity index (χ4n) is 6.21. The van der Waals surface area contributed by atoms with Gasteiger partial charge in [0.25, 0.3) is 11.8 Å². The van der Waals surface area contributed by atoms with Crippen LogP contribution in [0, 0.1) is 5.82 Å². The number of fused-ring (bicyclic) bond motifs is 1. The number of aliphatic imine (C=N–C) groups is 1. The minimum absolute atomic E-state index is 0.0107. The zero-order chi connectivity index (χ0) is 35.1. The molecule has 3 aliphatic heterocycles. The minimum atomic E-state index is -4.91. The van der Waals surface area contributed by atoms with E-state index in [1.165, 1.54) is 23.2 Å². The van der Waals surface area contributed by atoms with Gasteiger partial charge in [-0.25, -0.2) is 19.4 Å². The highest BCUT2D eigenvalue weighted by molar-refractivity contribution is 6.07. The molecular formula is C32H30F7N7O3. The van der Waals surface area contributed by atoms with Gasteiger partial charge >= 0.3 is 12.4 Å². The molecule has 6 rings (SSSR count). The first-order chi connectivity index (χ1) is 23.1. The number of halogens is 7. The van der Waals surface area contributed by atoms with Crippen LogP contribution in [-0.4, -0.2) is 63.0 Å². The number of nitrogens with zero attached hydrogens (tertiary/aromatic N) is 5. The van der Waals surface area contributed by atoms with E-state index in [-0.39, 0.29) is 30.3 Å². The third-order valence-corrected chi connectivity index (χ3v) is 8.67. The third kappa shape index (κ3) is 7.16. The lowest BCUT2D eigenvalue weighted by Crippen LogP contribution is -2.42. The molecule has 1 fully saturated rings. The lowest BCUT2D eigenvalue weighted by Gasteiger charge is -2.27. The molecule has 0 saturated carbocycles. The molecule has 10 nitrogen and oxygen atoms in total. The molecule has 2 atom stereocenters. The SMILES string of the molecule is NC1=N[C@](CCCC(F)(F)F)(c2ccc(F)cc2)C(=O)N1Cc1ccc(C(F)(F)F)c(C(=O)N2Cc3cnc(N[C@@H]4CCOC4)nc3C2)c1. The Morgan fingerprint density at radius 3 is 2.51 bits per heavy atom. The summed E-state index contributed by atoms with van der Waals surface area (Å²) >= 11 is 0. The summed E-state index contributed by atoms with van der Waals surface area (Å²) in [6.07, 6.45) is -9.30. The number of hydrogen-bond acceptors (Lipinski definition) is 8. The van der Waals surface area contributed by atoms with Gasteiger partial charge < -0.3 is 20.7 Å². The Morgan fingerprint density at radius 2 is 1.84 bits per heavy atom. The highest BCUT2D eigenvalue weighted by Gasteiger charge is 2.49. The Hall–Kier alpha value is -4.80. The highest BCUT2D eigenvalue weighted by Crippen LogP contribution is 2.40. The van der Waals surface area contributed by atoms with Crippen LogP contribution in [0.25, 0.3) is 0 Å². The maximum Gasteiger partial charge on any atom is 0.417 e. The van der Waals surface area contributed by atoms with E-state index in [0.29, 0.717) is 30.4 Å². The van der Waals surface area contributed by atoms with Crippen molar-refractivity contribution in [2.75, 3.05) is 18.5 Å². The average Bonchev–Trinajstić information content (AvgIpc) is 3.76. The highest BCUT2D eigenvalue weighted by atomic mass is 19.4. The van der Waals surface area contributed by atoms with Crippen molar-refractivity contribution in [2.24, 2.45) is 10.7 Å². The predicted molar refractivity (Wildman–Crippen MR) is 160 cm³/mol. The van der Waals surface area contributed by atoms with Crippen molar-refractivity contribution in [1.82, 2.24) is 19.8 Å². The van der Waals surface area contributed by atoms with Gasteiger partial charge in [0.1, 0.15) is 5.82 Å². The average molecular weight is 694 g/mol. The van der Waals surface area contributed by atoms with Crippen molar-refractivity contribution < 1.29 is 45.1 Å². The van der Waals surface area contributed by atoms with E-state index >= 15 is 0 Å². The summed E-state index contributed by atoms with van der Waals surface area (Å²) in [7, 11) is 0. The van der Waals surface area contributed by atoms with Crippen LogP contribution in [0.15, 0.2) is 53.7 Å². The van der Waals surface area contributed by atoms with E-state index < -0.39 is 78.4 Å². The molecule has 49 heavy (non-hydrogen) atoms. The van der Waals surface area contributed by atoms with Crippen LogP contribution in [0.3, 0.4) is 0 Å². The van der Waals surface area contributed by atoms with Gasteiger partial charge in [0.15, 0.2) is 11.5 Å². The van der Waals surface area contributed by atoms with Gasteiger partial charge in [0.2, 0.25) is 5.95 Å². The van der Waals surface area contributed by atoms with E-state index in [4.69, 9.17) is 10.5 Å². The van der Waals surface area contributed by atoms with Gasteiger partial charge in [-0.3, -0.25) is 14.5 Å². The molecule has 0 aliphatic carbocycles. The van der Waals surface area contributed by atoms with Crippen molar-refractivity contribution >= 4 is 23.7 Å².